The first-order valence-corrected chi connectivity index (χ1v) is 5.70. The van der Waals surface area contributed by atoms with Crippen LogP contribution in [0.4, 0.5) is 0 Å². The van der Waals surface area contributed by atoms with Gasteiger partial charge in [-0.05, 0) is 19.3 Å². The summed E-state index contributed by atoms with van der Waals surface area (Å²) in [5.74, 6) is 0.137. The lowest BCUT2D eigenvalue weighted by atomic mass is 10.2. The summed E-state index contributed by atoms with van der Waals surface area (Å²) in [6.45, 7) is 6.56. The maximum atomic E-state index is 11.2. The van der Waals surface area contributed by atoms with Crippen LogP contribution in [0.5, 0.6) is 0 Å². The van der Waals surface area contributed by atoms with Gasteiger partial charge in [-0.25, -0.2) is 0 Å². The molecule has 16 heavy (non-hydrogen) atoms. The Morgan fingerprint density at radius 2 is 1.75 bits per heavy atom. The summed E-state index contributed by atoms with van der Waals surface area (Å²) in [5.41, 5.74) is 5.52. The van der Waals surface area contributed by atoms with Gasteiger partial charge in [0, 0.05) is 19.0 Å². The molecule has 0 heterocycles. The van der Waals surface area contributed by atoms with Crippen LogP contribution in [0.15, 0.2) is 0 Å². The first-order chi connectivity index (χ1) is 7.41. The zero-order valence-electron chi connectivity index (χ0n) is 10.4. The molecule has 1 atom stereocenters. The van der Waals surface area contributed by atoms with Crippen molar-refractivity contribution in [2.45, 2.75) is 39.7 Å². The maximum Gasteiger partial charge on any atom is 0.239 e. The van der Waals surface area contributed by atoms with Gasteiger partial charge in [0.2, 0.25) is 11.8 Å². The van der Waals surface area contributed by atoms with E-state index in [1.807, 2.05) is 20.8 Å². The van der Waals surface area contributed by atoms with Gasteiger partial charge in [0.05, 0.1) is 6.54 Å². The van der Waals surface area contributed by atoms with E-state index in [2.05, 4.69) is 10.6 Å². The topological polar surface area (TPSA) is 84.2 Å². The zero-order valence-corrected chi connectivity index (χ0v) is 10.4. The number of rotatable bonds is 7. The lowest BCUT2D eigenvalue weighted by Crippen LogP contribution is -2.38. The van der Waals surface area contributed by atoms with E-state index in [1.165, 1.54) is 0 Å². The molecule has 0 aliphatic carbocycles. The van der Waals surface area contributed by atoms with Crippen LogP contribution < -0.4 is 16.4 Å². The molecule has 0 aromatic heterocycles. The molecule has 94 valence electrons. The summed E-state index contributed by atoms with van der Waals surface area (Å²) >= 11 is 0. The van der Waals surface area contributed by atoms with Gasteiger partial charge < -0.3 is 16.4 Å². The normalized spacial score (nSPS) is 12.3. The minimum atomic E-state index is -0.150. The highest BCUT2D eigenvalue weighted by Gasteiger charge is 2.06. The highest BCUT2D eigenvalue weighted by Crippen LogP contribution is 1.92. The predicted molar refractivity (Wildman–Crippen MR) is 63.7 cm³/mol. The third kappa shape index (κ3) is 9.45. The van der Waals surface area contributed by atoms with Crippen LogP contribution in [-0.2, 0) is 9.59 Å². The number of amides is 2. The second-order valence-corrected chi connectivity index (χ2v) is 4.49. The zero-order chi connectivity index (χ0) is 12.6. The number of carbonyl (C=O) groups is 2. The predicted octanol–water partition coefficient (Wildman–Crippen LogP) is 0.00220. The van der Waals surface area contributed by atoms with Crippen molar-refractivity contribution in [1.82, 2.24) is 10.6 Å². The van der Waals surface area contributed by atoms with Gasteiger partial charge in [0.15, 0.2) is 0 Å². The average molecular weight is 229 g/mol. The molecule has 4 N–H and O–H groups in total. The van der Waals surface area contributed by atoms with E-state index in [1.54, 1.807) is 0 Å². The molecule has 1 unspecified atom stereocenters. The monoisotopic (exact) mass is 229 g/mol. The molecule has 0 radical (unpaired) electrons. The Morgan fingerprint density at radius 3 is 2.25 bits per heavy atom. The Bertz CT molecular complexity index is 203. The molecule has 0 aliphatic rings. The van der Waals surface area contributed by atoms with Crippen molar-refractivity contribution in [2.75, 3.05) is 13.1 Å². The second kappa shape index (κ2) is 8.10. The van der Waals surface area contributed by atoms with E-state index in [0.717, 1.165) is 0 Å². The second-order valence-electron chi connectivity index (χ2n) is 4.49. The highest BCUT2D eigenvalue weighted by molar-refractivity contribution is 5.84. The summed E-state index contributed by atoms with van der Waals surface area (Å²) < 4.78 is 0. The fourth-order valence-electron chi connectivity index (χ4n) is 1.01. The molecule has 0 saturated carbocycles. The van der Waals surface area contributed by atoms with Gasteiger partial charge in [-0.15, -0.1) is 0 Å². The van der Waals surface area contributed by atoms with Gasteiger partial charge in [0.1, 0.15) is 0 Å². The van der Waals surface area contributed by atoms with Crippen molar-refractivity contribution in [3.05, 3.63) is 0 Å². The van der Waals surface area contributed by atoms with E-state index in [-0.39, 0.29) is 24.4 Å². The smallest absolute Gasteiger partial charge is 0.239 e. The standard InChI is InChI=1S/C11H23N3O2/c1-8(2)6-13-11(16)7-14-10(15)5-4-9(3)12/h8-9H,4-7,12H2,1-3H3,(H,13,16)(H,14,15). The molecule has 5 nitrogen and oxygen atoms in total. The third-order valence-electron chi connectivity index (χ3n) is 1.98. The Hall–Kier alpha value is -1.10. The van der Waals surface area contributed by atoms with E-state index in [4.69, 9.17) is 5.73 Å². The molecular weight excluding hydrogens is 206 g/mol. The van der Waals surface area contributed by atoms with Gasteiger partial charge >= 0.3 is 0 Å². The van der Waals surface area contributed by atoms with Crippen molar-refractivity contribution in [2.24, 2.45) is 11.7 Å². The fourth-order valence-corrected chi connectivity index (χ4v) is 1.01. The summed E-state index contributed by atoms with van der Waals surface area (Å²) in [5, 5.41) is 5.28. The van der Waals surface area contributed by atoms with Gasteiger partial charge in [0.25, 0.3) is 0 Å². The van der Waals surface area contributed by atoms with Crippen molar-refractivity contribution < 1.29 is 9.59 Å². The van der Waals surface area contributed by atoms with Crippen LogP contribution in [-0.4, -0.2) is 30.9 Å². The highest BCUT2D eigenvalue weighted by atomic mass is 16.2. The quantitative estimate of drug-likeness (QED) is 0.574. The molecule has 0 fully saturated rings. The Morgan fingerprint density at radius 1 is 1.12 bits per heavy atom. The van der Waals surface area contributed by atoms with Crippen LogP contribution >= 0.6 is 0 Å². The van der Waals surface area contributed by atoms with Gasteiger partial charge in [-0.3, -0.25) is 9.59 Å². The van der Waals surface area contributed by atoms with Gasteiger partial charge in [-0.2, -0.15) is 0 Å². The largest absolute Gasteiger partial charge is 0.354 e. The molecule has 0 saturated heterocycles. The molecule has 0 spiro atoms. The summed E-state index contributed by atoms with van der Waals surface area (Å²) in [4.78, 5) is 22.5. The SMILES string of the molecule is CC(C)CNC(=O)CNC(=O)CCC(C)N. The fraction of sp³-hybridized carbons (Fsp3) is 0.818. The number of carbonyl (C=O) groups excluding carboxylic acids is 2. The summed E-state index contributed by atoms with van der Waals surface area (Å²) in [6, 6.07) is 0.0144. The van der Waals surface area contributed by atoms with E-state index in [0.29, 0.717) is 25.3 Å². The first-order valence-electron chi connectivity index (χ1n) is 5.70. The lowest BCUT2D eigenvalue weighted by molar-refractivity contribution is -0.126. The molecule has 0 aromatic rings. The lowest BCUT2D eigenvalue weighted by Gasteiger charge is -2.09. The molecule has 0 rings (SSSR count). The van der Waals surface area contributed by atoms with Crippen LogP contribution in [0.1, 0.15) is 33.6 Å². The van der Waals surface area contributed by atoms with Crippen LogP contribution in [0.25, 0.3) is 0 Å². The van der Waals surface area contributed by atoms with Crippen molar-refractivity contribution in [3.63, 3.8) is 0 Å². The molecule has 2 amide bonds. The molecule has 0 bridgehead atoms. The Labute approximate surface area is 97.2 Å². The summed E-state index contributed by atoms with van der Waals surface area (Å²) in [7, 11) is 0. The maximum absolute atomic E-state index is 11.2. The minimum Gasteiger partial charge on any atom is -0.354 e. The number of nitrogens with two attached hydrogens (primary N) is 1. The molecule has 5 heteroatoms. The average Bonchev–Trinajstić information content (AvgIpc) is 2.20. The minimum absolute atomic E-state index is 0.0144. The van der Waals surface area contributed by atoms with E-state index >= 15 is 0 Å². The summed E-state index contributed by atoms with van der Waals surface area (Å²) in [6.07, 6.45) is 1.01. The van der Waals surface area contributed by atoms with Crippen LogP contribution in [0.3, 0.4) is 0 Å². The number of hydrogen-bond acceptors (Lipinski definition) is 3. The first kappa shape index (κ1) is 14.9. The third-order valence-corrected chi connectivity index (χ3v) is 1.98. The molecule has 0 aromatic carbocycles. The van der Waals surface area contributed by atoms with Gasteiger partial charge in [-0.1, -0.05) is 13.8 Å². The van der Waals surface area contributed by atoms with E-state index < -0.39 is 0 Å². The van der Waals surface area contributed by atoms with Crippen LogP contribution in [0, 0.1) is 5.92 Å². The Balaban J connectivity index is 3.55. The van der Waals surface area contributed by atoms with E-state index in [9.17, 15) is 9.59 Å². The van der Waals surface area contributed by atoms with Crippen molar-refractivity contribution in [1.29, 1.82) is 0 Å². The van der Waals surface area contributed by atoms with Crippen LogP contribution in [0.2, 0.25) is 0 Å². The van der Waals surface area contributed by atoms with Crippen molar-refractivity contribution in [3.8, 4) is 0 Å². The Kier molecular flexibility index (Phi) is 7.54. The number of nitrogens with one attached hydrogen (secondary N) is 2. The van der Waals surface area contributed by atoms with Crippen molar-refractivity contribution >= 4 is 11.8 Å². The molecular formula is C11H23N3O2. The number of hydrogen-bond donors (Lipinski definition) is 3. The molecule has 0 aliphatic heterocycles.